The Morgan fingerprint density at radius 3 is 3.00 bits per heavy atom. The number of benzene rings is 1. The zero-order valence-corrected chi connectivity index (χ0v) is 12.4. The van der Waals surface area contributed by atoms with Gasteiger partial charge in [-0.05, 0) is 12.5 Å². The molecule has 1 unspecified atom stereocenters. The number of hydrogen-bond donors (Lipinski definition) is 0. The average Bonchev–Trinajstić information content (AvgIpc) is 3.15. The van der Waals surface area contributed by atoms with Crippen LogP contribution in [-0.4, -0.2) is 27.7 Å². The lowest BCUT2D eigenvalue weighted by Gasteiger charge is -2.13. The first kappa shape index (κ1) is 13.0. The highest BCUT2D eigenvalue weighted by Gasteiger charge is 2.20. The molecule has 2 aromatic heterocycles. The van der Waals surface area contributed by atoms with E-state index in [0.717, 1.165) is 53.9 Å². The van der Waals surface area contributed by atoms with Gasteiger partial charge in [0.15, 0.2) is 0 Å². The van der Waals surface area contributed by atoms with E-state index in [1.807, 2.05) is 24.4 Å². The number of pyridine rings is 1. The molecule has 21 heavy (non-hydrogen) atoms. The van der Waals surface area contributed by atoms with Crippen LogP contribution in [0.5, 0.6) is 0 Å². The Hall–Kier alpha value is -1.65. The maximum atomic E-state index is 6.11. The molecular formula is C16H16ClN3O. The molecule has 0 aliphatic carbocycles. The Balaban J connectivity index is 1.94. The molecule has 0 N–H and O–H groups in total. The van der Waals surface area contributed by atoms with E-state index in [9.17, 15) is 0 Å². The van der Waals surface area contributed by atoms with Gasteiger partial charge in [0.2, 0.25) is 0 Å². The van der Waals surface area contributed by atoms with Crippen molar-refractivity contribution >= 4 is 33.5 Å². The molecule has 3 aromatic rings. The maximum absolute atomic E-state index is 6.11. The van der Waals surface area contributed by atoms with Gasteiger partial charge in [-0.2, -0.15) is 0 Å². The molecule has 1 aliphatic heterocycles. The van der Waals surface area contributed by atoms with E-state index >= 15 is 0 Å². The van der Waals surface area contributed by atoms with E-state index in [1.165, 1.54) is 0 Å². The molecule has 0 radical (unpaired) electrons. The molecule has 3 heterocycles. The van der Waals surface area contributed by atoms with Crippen LogP contribution in [0.4, 0.5) is 0 Å². The summed E-state index contributed by atoms with van der Waals surface area (Å²) in [5.74, 6) is 1.87. The second-order valence-electron chi connectivity index (χ2n) is 5.51. The van der Waals surface area contributed by atoms with Crippen molar-refractivity contribution in [3.8, 4) is 0 Å². The third kappa shape index (κ3) is 2.19. The van der Waals surface area contributed by atoms with Crippen molar-refractivity contribution in [2.75, 3.05) is 13.2 Å². The summed E-state index contributed by atoms with van der Waals surface area (Å²) in [7, 11) is 0. The van der Waals surface area contributed by atoms with Crippen molar-refractivity contribution in [1.29, 1.82) is 0 Å². The van der Waals surface area contributed by atoms with E-state index in [1.54, 1.807) is 0 Å². The number of rotatable bonds is 3. The second-order valence-corrected chi connectivity index (χ2v) is 5.78. The highest BCUT2D eigenvalue weighted by atomic mass is 35.5. The highest BCUT2D eigenvalue weighted by Crippen LogP contribution is 2.27. The SMILES string of the molecule is ClCc1nc2cnc3ccccc3c2n1CC1CCOC1. The summed E-state index contributed by atoms with van der Waals surface area (Å²) in [5, 5.41) is 1.14. The molecule has 0 saturated carbocycles. The smallest absolute Gasteiger partial charge is 0.124 e. The minimum Gasteiger partial charge on any atom is -0.381 e. The second kappa shape index (κ2) is 5.28. The molecule has 0 spiro atoms. The van der Waals surface area contributed by atoms with Crippen molar-refractivity contribution in [2.45, 2.75) is 18.8 Å². The molecule has 108 valence electrons. The van der Waals surface area contributed by atoms with Crippen molar-refractivity contribution in [3.63, 3.8) is 0 Å². The molecule has 4 rings (SSSR count). The summed E-state index contributed by atoms with van der Waals surface area (Å²) >= 11 is 6.11. The van der Waals surface area contributed by atoms with E-state index in [-0.39, 0.29) is 0 Å². The molecule has 0 amide bonds. The van der Waals surface area contributed by atoms with Gasteiger partial charge in [0, 0.05) is 24.5 Å². The maximum Gasteiger partial charge on any atom is 0.124 e. The van der Waals surface area contributed by atoms with Gasteiger partial charge in [-0.25, -0.2) is 4.98 Å². The van der Waals surface area contributed by atoms with Gasteiger partial charge < -0.3 is 9.30 Å². The number of para-hydroxylation sites is 1. The average molecular weight is 302 g/mol. The standard InChI is InChI=1S/C16H16ClN3O/c17-7-15-19-14-8-18-13-4-2-1-3-12(13)16(14)20(15)9-11-5-6-21-10-11/h1-4,8,11H,5-7,9-10H2. The van der Waals surface area contributed by atoms with Gasteiger partial charge in [-0.3, -0.25) is 4.98 Å². The lowest BCUT2D eigenvalue weighted by Crippen LogP contribution is -2.12. The van der Waals surface area contributed by atoms with Crippen LogP contribution in [0, 0.1) is 5.92 Å². The van der Waals surface area contributed by atoms with Crippen molar-refractivity contribution in [2.24, 2.45) is 5.92 Å². The lowest BCUT2D eigenvalue weighted by molar-refractivity contribution is 0.182. The van der Waals surface area contributed by atoms with Crippen molar-refractivity contribution < 1.29 is 4.74 Å². The Morgan fingerprint density at radius 1 is 1.29 bits per heavy atom. The third-order valence-corrected chi connectivity index (χ3v) is 4.38. The normalized spacial score (nSPS) is 18.8. The summed E-state index contributed by atoms with van der Waals surface area (Å²) in [6, 6.07) is 8.19. The first-order valence-electron chi connectivity index (χ1n) is 7.23. The Morgan fingerprint density at radius 2 is 2.19 bits per heavy atom. The summed E-state index contributed by atoms with van der Waals surface area (Å²) < 4.78 is 7.76. The molecule has 0 bridgehead atoms. The molecule has 1 aliphatic rings. The number of halogens is 1. The number of aromatic nitrogens is 3. The topological polar surface area (TPSA) is 39.9 Å². The van der Waals surface area contributed by atoms with Crippen LogP contribution < -0.4 is 0 Å². The fourth-order valence-electron chi connectivity index (χ4n) is 3.09. The van der Waals surface area contributed by atoms with Crippen molar-refractivity contribution in [3.05, 3.63) is 36.3 Å². The Kier molecular flexibility index (Phi) is 3.28. The van der Waals surface area contributed by atoms with E-state index in [2.05, 4.69) is 20.6 Å². The van der Waals surface area contributed by atoms with E-state index < -0.39 is 0 Å². The summed E-state index contributed by atoms with van der Waals surface area (Å²) in [5.41, 5.74) is 3.06. The lowest BCUT2D eigenvalue weighted by atomic mass is 10.1. The largest absolute Gasteiger partial charge is 0.381 e. The zero-order chi connectivity index (χ0) is 14.2. The fourth-order valence-corrected chi connectivity index (χ4v) is 3.30. The Labute approximate surface area is 127 Å². The molecule has 5 heteroatoms. The van der Waals surface area contributed by atoms with Gasteiger partial charge in [-0.1, -0.05) is 18.2 Å². The predicted molar refractivity (Wildman–Crippen MR) is 83.5 cm³/mol. The highest BCUT2D eigenvalue weighted by molar-refractivity contribution is 6.17. The minimum atomic E-state index is 0.413. The van der Waals surface area contributed by atoms with Crippen LogP contribution in [-0.2, 0) is 17.2 Å². The monoisotopic (exact) mass is 301 g/mol. The van der Waals surface area contributed by atoms with Gasteiger partial charge in [0.05, 0.1) is 29.7 Å². The minimum absolute atomic E-state index is 0.413. The summed E-state index contributed by atoms with van der Waals surface area (Å²) in [4.78, 5) is 9.14. The van der Waals surface area contributed by atoms with Crippen LogP contribution in [0.15, 0.2) is 30.5 Å². The van der Waals surface area contributed by atoms with Crippen LogP contribution >= 0.6 is 11.6 Å². The number of alkyl halides is 1. The van der Waals surface area contributed by atoms with Crippen LogP contribution in [0.3, 0.4) is 0 Å². The first-order valence-corrected chi connectivity index (χ1v) is 7.77. The van der Waals surface area contributed by atoms with Crippen LogP contribution in [0.1, 0.15) is 12.2 Å². The third-order valence-electron chi connectivity index (χ3n) is 4.14. The molecule has 1 aromatic carbocycles. The summed E-state index contributed by atoms with van der Waals surface area (Å²) in [6.07, 6.45) is 2.94. The number of fused-ring (bicyclic) bond motifs is 3. The van der Waals surface area contributed by atoms with E-state index in [4.69, 9.17) is 16.3 Å². The number of ether oxygens (including phenoxy) is 1. The first-order chi connectivity index (χ1) is 10.4. The fraction of sp³-hybridized carbons (Fsp3) is 0.375. The van der Waals surface area contributed by atoms with Gasteiger partial charge >= 0.3 is 0 Å². The number of imidazole rings is 1. The van der Waals surface area contributed by atoms with Gasteiger partial charge in [0.1, 0.15) is 11.3 Å². The van der Waals surface area contributed by atoms with Gasteiger partial charge in [-0.15, -0.1) is 11.6 Å². The summed E-state index contributed by atoms with van der Waals surface area (Å²) in [6.45, 7) is 2.59. The zero-order valence-electron chi connectivity index (χ0n) is 11.6. The quantitative estimate of drug-likeness (QED) is 0.696. The molecule has 1 fully saturated rings. The van der Waals surface area contributed by atoms with Gasteiger partial charge in [0.25, 0.3) is 0 Å². The van der Waals surface area contributed by atoms with E-state index in [0.29, 0.717) is 11.8 Å². The van der Waals surface area contributed by atoms with Crippen LogP contribution in [0.25, 0.3) is 21.9 Å². The molecule has 1 saturated heterocycles. The predicted octanol–water partition coefficient (Wildman–Crippen LogP) is 3.36. The van der Waals surface area contributed by atoms with Crippen LogP contribution in [0.2, 0.25) is 0 Å². The van der Waals surface area contributed by atoms with Crippen molar-refractivity contribution in [1.82, 2.24) is 14.5 Å². The Bertz CT molecular complexity index is 793. The molecule has 4 nitrogen and oxygen atoms in total. The molecular weight excluding hydrogens is 286 g/mol. The molecule has 1 atom stereocenters. The number of nitrogens with zero attached hydrogens (tertiary/aromatic N) is 3. The number of hydrogen-bond acceptors (Lipinski definition) is 3.